The standard InChI is InChI=1S/C28H40N2O2/c1-22-15-14-20-29(21-22)26-25(23-16-10-9-11-17-23)27(31)30(28(26)32)24-18-12-7-5-3-2-4-6-8-13-19-24/h9-11,16-17,22,24H,2-8,12-15,18-21H2,1H3. The highest BCUT2D eigenvalue weighted by Gasteiger charge is 2.44. The average molecular weight is 437 g/mol. The number of amides is 2. The van der Waals surface area contributed by atoms with Gasteiger partial charge >= 0.3 is 0 Å². The van der Waals surface area contributed by atoms with Crippen molar-refractivity contribution in [2.45, 2.75) is 96.4 Å². The number of likely N-dealkylation sites (tertiary alicyclic amines) is 1. The van der Waals surface area contributed by atoms with Crippen molar-refractivity contribution in [3.63, 3.8) is 0 Å². The molecule has 0 bridgehead atoms. The van der Waals surface area contributed by atoms with Gasteiger partial charge in [-0.25, -0.2) is 0 Å². The Hall–Kier alpha value is -2.10. The number of carbonyl (C=O) groups excluding carboxylic acids is 2. The second kappa shape index (κ2) is 11.2. The fourth-order valence-corrected chi connectivity index (χ4v) is 5.82. The molecule has 1 aromatic carbocycles. The zero-order chi connectivity index (χ0) is 22.3. The summed E-state index contributed by atoms with van der Waals surface area (Å²) in [6, 6.07) is 9.91. The van der Waals surface area contributed by atoms with Gasteiger partial charge in [-0.15, -0.1) is 0 Å². The van der Waals surface area contributed by atoms with Gasteiger partial charge in [0.2, 0.25) is 0 Å². The van der Waals surface area contributed by atoms with Crippen LogP contribution in [0.3, 0.4) is 0 Å². The minimum absolute atomic E-state index is 0.0350. The molecule has 174 valence electrons. The third kappa shape index (κ3) is 5.27. The molecule has 2 fully saturated rings. The Labute approximate surface area is 194 Å². The summed E-state index contributed by atoms with van der Waals surface area (Å²) < 4.78 is 0. The van der Waals surface area contributed by atoms with E-state index in [0.29, 0.717) is 17.2 Å². The van der Waals surface area contributed by atoms with Crippen LogP contribution < -0.4 is 0 Å². The van der Waals surface area contributed by atoms with Crippen LogP contribution in [0.4, 0.5) is 0 Å². The summed E-state index contributed by atoms with van der Waals surface area (Å²) in [7, 11) is 0. The summed E-state index contributed by atoms with van der Waals surface area (Å²) in [5, 5.41) is 0. The van der Waals surface area contributed by atoms with E-state index in [1.807, 2.05) is 30.3 Å². The van der Waals surface area contributed by atoms with E-state index in [1.165, 1.54) is 51.4 Å². The smallest absolute Gasteiger partial charge is 0.278 e. The third-order valence-corrected chi connectivity index (χ3v) is 7.57. The molecule has 32 heavy (non-hydrogen) atoms. The van der Waals surface area contributed by atoms with Crippen LogP contribution in [0.15, 0.2) is 36.0 Å². The van der Waals surface area contributed by atoms with E-state index in [2.05, 4.69) is 11.8 Å². The first-order valence-corrected chi connectivity index (χ1v) is 13.1. The molecule has 1 aromatic rings. The van der Waals surface area contributed by atoms with Crippen LogP contribution in [0.5, 0.6) is 0 Å². The van der Waals surface area contributed by atoms with Crippen LogP contribution in [0.25, 0.3) is 5.57 Å². The van der Waals surface area contributed by atoms with E-state index in [1.54, 1.807) is 4.90 Å². The van der Waals surface area contributed by atoms with Crippen molar-refractivity contribution in [2.75, 3.05) is 13.1 Å². The minimum Gasteiger partial charge on any atom is -0.366 e. The van der Waals surface area contributed by atoms with E-state index >= 15 is 0 Å². The number of hydrogen-bond donors (Lipinski definition) is 0. The summed E-state index contributed by atoms with van der Waals surface area (Å²) >= 11 is 0. The minimum atomic E-state index is -0.0634. The first-order chi connectivity index (χ1) is 15.7. The lowest BCUT2D eigenvalue weighted by Gasteiger charge is -2.34. The van der Waals surface area contributed by atoms with Gasteiger partial charge in [-0.1, -0.05) is 95.0 Å². The summed E-state index contributed by atoms with van der Waals surface area (Å²) in [6.45, 7) is 3.98. The topological polar surface area (TPSA) is 40.6 Å². The lowest BCUT2D eigenvalue weighted by Crippen LogP contribution is -2.44. The van der Waals surface area contributed by atoms with Gasteiger partial charge in [0.1, 0.15) is 5.70 Å². The highest BCUT2D eigenvalue weighted by Crippen LogP contribution is 2.36. The van der Waals surface area contributed by atoms with E-state index in [9.17, 15) is 9.59 Å². The van der Waals surface area contributed by atoms with Gasteiger partial charge in [0.15, 0.2) is 0 Å². The number of rotatable bonds is 3. The Morgan fingerprint density at radius 3 is 1.91 bits per heavy atom. The Morgan fingerprint density at radius 2 is 1.31 bits per heavy atom. The van der Waals surface area contributed by atoms with Gasteiger partial charge < -0.3 is 4.90 Å². The highest BCUT2D eigenvalue weighted by atomic mass is 16.2. The molecule has 1 saturated heterocycles. The molecule has 0 spiro atoms. The van der Waals surface area contributed by atoms with Crippen LogP contribution in [0.1, 0.15) is 96.0 Å². The Morgan fingerprint density at radius 1 is 0.719 bits per heavy atom. The molecule has 4 nitrogen and oxygen atoms in total. The maximum atomic E-state index is 13.9. The van der Waals surface area contributed by atoms with Crippen LogP contribution in [0, 0.1) is 5.92 Å². The monoisotopic (exact) mass is 436 g/mol. The van der Waals surface area contributed by atoms with Crippen molar-refractivity contribution in [1.82, 2.24) is 9.80 Å². The highest BCUT2D eigenvalue weighted by molar-refractivity contribution is 6.35. The Balaban J connectivity index is 1.62. The number of imide groups is 1. The lowest BCUT2D eigenvalue weighted by atomic mass is 9.96. The SMILES string of the molecule is CC1CCCN(C2=C(c3ccccc3)C(=O)N(C3CCCCCCCCCCC3)C2=O)C1. The molecule has 4 heteroatoms. The van der Waals surface area contributed by atoms with Crippen molar-refractivity contribution in [1.29, 1.82) is 0 Å². The molecule has 1 saturated carbocycles. The van der Waals surface area contributed by atoms with E-state index < -0.39 is 0 Å². The van der Waals surface area contributed by atoms with Crippen LogP contribution in [0.2, 0.25) is 0 Å². The maximum Gasteiger partial charge on any atom is 0.278 e. The fraction of sp³-hybridized carbons (Fsp3) is 0.643. The van der Waals surface area contributed by atoms with Crippen molar-refractivity contribution in [3.8, 4) is 0 Å². The molecule has 3 aliphatic rings. The van der Waals surface area contributed by atoms with Gasteiger partial charge in [-0.3, -0.25) is 14.5 Å². The third-order valence-electron chi connectivity index (χ3n) is 7.57. The largest absolute Gasteiger partial charge is 0.366 e. The van der Waals surface area contributed by atoms with Crippen LogP contribution >= 0.6 is 0 Å². The number of hydrogen-bond acceptors (Lipinski definition) is 3. The normalized spacial score (nSPS) is 25.1. The molecule has 0 N–H and O–H groups in total. The van der Waals surface area contributed by atoms with Crippen molar-refractivity contribution in [3.05, 3.63) is 41.6 Å². The fourth-order valence-electron chi connectivity index (χ4n) is 5.82. The number of piperidine rings is 1. The van der Waals surface area contributed by atoms with Gasteiger partial charge in [-0.05, 0) is 37.2 Å². The van der Waals surface area contributed by atoms with Crippen molar-refractivity contribution in [2.24, 2.45) is 5.92 Å². The average Bonchev–Trinajstić information content (AvgIpc) is 3.05. The van der Waals surface area contributed by atoms with E-state index in [4.69, 9.17) is 0 Å². The summed E-state index contributed by atoms with van der Waals surface area (Å²) in [6.07, 6.45) is 15.4. The van der Waals surface area contributed by atoms with Gasteiger partial charge in [0.05, 0.1) is 5.57 Å². The van der Waals surface area contributed by atoms with Crippen LogP contribution in [-0.2, 0) is 9.59 Å². The molecule has 0 radical (unpaired) electrons. The Bertz CT molecular complexity index is 804. The van der Waals surface area contributed by atoms with Gasteiger partial charge in [0, 0.05) is 19.1 Å². The second-order valence-electron chi connectivity index (χ2n) is 10.2. The quantitative estimate of drug-likeness (QED) is 0.532. The van der Waals surface area contributed by atoms with E-state index in [-0.39, 0.29) is 17.9 Å². The summed E-state index contributed by atoms with van der Waals surface area (Å²) in [4.78, 5) is 31.6. The first-order valence-electron chi connectivity index (χ1n) is 13.1. The maximum absolute atomic E-state index is 13.9. The number of carbonyl (C=O) groups is 2. The molecule has 1 unspecified atom stereocenters. The first kappa shape index (κ1) is 23.1. The van der Waals surface area contributed by atoms with Crippen molar-refractivity contribution >= 4 is 17.4 Å². The molecule has 1 atom stereocenters. The molecular formula is C28H40N2O2. The molecule has 2 aliphatic heterocycles. The lowest BCUT2D eigenvalue weighted by molar-refractivity contribution is -0.140. The zero-order valence-corrected chi connectivity index (χ0v) is 19.9. The van der Waals surface area contributed by atoms with E-state index in [0.717, 1.165) is 50.8 Å². The molecule has 2 heterocycles. The van der Waals surface area contributed by atoms with Gasteiger partial charge in [-0.2, -0.15) is 0 Å². The van der Waals surface area contributed by atoms with Gasteiger partial charge in [0.25, 0.3) is 11.8 Å². The molecule has 0 aromatic heterocycles. The van der Waals surface area contributed by atoms with Crippen LogP contribution in [-0.4, -0.2) is 40.7 Å². The summed E-state index contributed by atoms with van der Waals surface area (Å²) in [5.41, 5.74) is 2.18. The number of benzene rings is 1. The molecule has 1 aliphatic carbocycles. The second-order valence-corrected chi connectivity index (χ2v) is 10.2. The number of nitrogens with zero attached hydrogens (tertiary/aromatic N) is 2. The molecule has 4 rings (SSSR count). The predicted octanol–water partition coefficient (Wildman–Crippen LogP) is 6.17. The predicted molar refractivity (Wildman–Crippen MR) is 130 cm³/mol. The molecular weight excluding hydrogens is 396 g/mol. The van der Waals surface area contributed by atoms with Crippen molar-refractivity contribution < 1.29 is 9.59 Å². The zero-order valence-electron chi connectivity index (χ0n) is 19.9. The molecule has 2 amide bonds. The summed E-state index contributed by atoms with van der Waals surface area (Å²) in [5.74, 6) is 0.443. The Kier molecular flexibility index (Phi) is 8.05.